The van der Waals surface area contributed by atoms with Crippen LogP contribution in [0.2, 0.25) is 0 Å². The average Bonchev–Trinajstić information content (AvgIpc) is 2.76. The Labute approximate surface area is 102 Å². The van der Waals surface area contributed by atoms with E-state index < -0.39 is 0 Å². The smallest absolute Gasteiger partial charge is 0.294 e. The minimum absolute atomic E-state index is 0.177. The van der Waals surface area contributed by atoms with E-state index in [0.717, 1.165) is 11.3 Å². The maximum atomic E-state index is 5.52. The highest BCUT2D eigenvalue weighted by Gasteiger charge is 2.13. The fourth-order valence-electron chi connectivity index (χ4n) is 1.66. The summed E-state index contributed by atoms with van der Waals surface area (Å²) in [6.45, 7) is 6.61. The fraction of sp³-hybridized carbons (Fsp3) is 0.357. The summed E-state index contributed by atoms with van der Waals surface area (Å²) in [6, 6.07) is 8.95. The number of nitrogens with one attached hydrogen (secondary N) is 1. The highest BCUT2D eigenvalue weighted by atomic mass is 16.4. The predicted octanol–water partition coefficient (Wildman–Crippen LogP) is 3.68. The molecule has 0 saturated heterocycles. The van der Waals surface area contributed by atoms with Crippen LogP contribution in [-0.2, 0) is 5.41 Å². The molecule has 1 N–H and O–H groups in total. The van der Waals surface area contributed by atoms with Gasteiger partial charge in [0.25, 0.3) is 6.01 Å². The maximum Gasteiger partial charge on any atom is 0.294 e. The molecule has 0 aliphatic rings. The van der Waals surface area contributed by atoms with Gasteiger partial charge in [-0.2, -0.15) is 0 Å². The summed E-state index contributed by atoms with van der Waals surface area (Å²) in [4.78, 5) is 4.10. The standard InChI is InChI=1S/C14H18N2O/c1-14(2,3)11-7-5-10(6-8-11)12-9-16-13(15-4)17-12/h5-9H,1-4H3,(H,15,16). The Bertz CT molecular complexity index is 492. The third-order valence-electron chi connectivity index (χ3n) is 2.75. The Morgan fingerprint density at radius 2 is 1.76 bits per heavy atom. The normalized spacial score (nSPS) is 11.5. The first kappa shape index (κ1) is 11.7. The lowest BCUT2D eigenvalue weighted by molar-refractivity contribution is 0.585. The molecule has 0 atom stereocenters. The second-order valence-electron chi connectivity index (χ2n) is 5.11. The summed E-state index contributed by atoms with van der Waals surface area (Å²) < 4.78 is 5.52. The summed E-state index contributed by atoms with van der Waals surface area (Å²) >= 11 is 0. The molecule has 1 aromatic heterocycles. The maximum absolute atomic E-state index is 5.52. The number of benzene rings is 1. The molecule has 0 fully saturated rings. The van der Waals surface area contributed by atoms with Crippen LogP contribution in [0.5, 0.6) is 0 Å². The first-order valence-electron chi connectivity index (χ1n) is 5.75. The zero-order chi connectivity index (χ0) is 12.5. The average molecular weight is 230 g/mol. The van der Waals surface area contributed by atoms with E-state index in [0.29, 0.717) is 6.01 Å². The van der Waals surface area contributed by atoms with E-state index in [1.165, 1.54) is 5.56 Å². The molecule has 1 aromatic carbocycles. The van der Waals surface area contributed by atoms with Crippen molar-refractivity contribution in [1.82, 2.24) is 4.98 Å². The van der Waals surface area contributed by atoms with E-state index in [9.17, 15) is 0 Å². The Kier molecular flexibility index (Phi) is 2.92. The first-order valence-corrected chi connectivity index (χ1v) is 5.75. The molecule has 0 aliphatic carbocycles. The van der Waals surface area contributed by atoms with Crippen molar-refractivity contribution < 1.29 is 4.42 Å². The van der Waals surface area contributed by atoms with Crippen molar-refractivity contribution in [2.24, 2.45) is 0 Å². The van der Waals surface area contributed by atoms with Gasteiger partial charge in [0.1, 0.15) is 0 Å². The zero-order valence-corrected chi connectivity index (χ0v) is 10.7. The molecular formula is C14H18N2O. The van der Waals surface area contributed by atoms with Crippen LogP contribution in [0.4, 0.5) is 6.01 Å². The Morgan fingerprint density at radius 3 is 2.24 bits per heavy atom. The van der Waals surface area contributed by atoms with Gasteiger partial charge >= 0.3 is 0 Å². The van der Waals surface area contributed by atoms with Gasteiger partial charge in [0, 0.05) is 12.6 Å². The number of anilines is 1. The predicted molar refractivity (Wildman–Crippen MR) is 70.2 cm³/mol. The molecule has 90 valence electrons. The molecule has 1 heterocycles. The van der Waals surface area contributed by atoms with Gasteiger partial charge in [-0.05, 0) is 11.0 Å². The molecule has 2 rings (SSSR count). The number of nitrogens with zero attached hydrogens (tertiary/aromatic N) is 1. The quantitative estimate of drug-likeness (QED) is 0.855. The van der Waals surface area contributed by atoms with Crippen LogP contribution in [0.25, 0.3) is 11.3 Å². The molecule has 17 heavy (non-hydrogen) atoms. The second kappa shape index (κ2) is 4.24. The second-order valence-corrected chi connectivity index (χ2v) is 5.11. The summed E-state index contributed by atoms with van der Waals surface area (Å²) in [7, 11) is 1.79. The Balaban J connectivity index is 2.29. The first-order chi connectivity index (χ1) is 8.00. The third-order valence-corrected chi connectivity index (χ3v) is 2.75. The molecule has 0 saturated carbocycles. The van der Waals surface area contributed by atoms with E-state index >= 15 is 0 Å². The third kappa shape index (κ3) is 2.49. The SMILES string of the molecule is CNc1ncc(-c2ccc(C(C)(C)C)cc2)o1. The number of hydrogen-bond acceptors (Lipinski definition) is 3. The lowest BCUT2D eigenvalue weighted by Gasteiger charge is -2.18. The number of hydrogen-bond donors (Lipinski definition) is 1. The van der Waals surface area contributed by atoms with E-state index in [1.54, 1.807) is 13.2 Å². The Hall–Kier alpha value is -1.77. The minimum atomic E-state index is 0.177. The molecule has 0 aliphatic heterocycles. The van der Waals surface area contributed by atoms with Crippen LogP contribution in [0.3, 0.4) is 0 Å². The van der Waals surface area contributed by atoms with E-state index in [2.05, 4.69) is 55.3 Å². The molecule has 0 bridgehead atoms. The summed E-state index contributed by atoms with van der Waals surface area (Å²) in [6.07, 6.45) is 1.73. The van der Waals surface area contributed by atoms with Crippen molar-refractivity contribution in [1.29, 1.82) is 0 Å². The molecule has 3 heteroatoms. The van der Waals surface area contributed by atoms with Gasteiger partial charge in [-0.15, -0.1) is 0 Å². The molecule has 3 nitrogen and oxygen atoms in total. The van der Waals surface area contributed by atoms with Gasteiger partial charge in [-0.25, -0.2) is 4.98 Å². The number of aromatic nitrogens is 1. The van der Waals surface area contributed by atoms with Crippen LogP contribution in [-0.4, -0.2) is 12.0 Å². The summed E-state index contributed by atoms with van der Waals surface area (Å²) in [5.74, 6) is 0.787. The van der Waals surface area contributed by atoms with Crippen LogP contribution in [0.1, 0.15) is 26.3 Å². The van der Waals surface area contributed by atoms with Crippen molar-refractivity contribution in [3.05, 3.63) is 36.0 Å². The highest BCUT2D eigenvalue weighted by molar-refractivity contribution is 5.58. The number of oxazole rings is 1. The summed E-state index contributed by atoms with van der Waals surface area (Å²) in [5.41, 5.74) is 2.54. The van der Waals surface area contributed by atoms with Gasteiger partial charge in [0.2, 0.25) is 0 Å². The van der Waals surface area contributed by atoms with Crippen molar-refractivity contribution in [3.63, 3.8) is 0 Å². The largest absolute Gasteiger partial charge is 0.424 e. The molecule has 0 unspecified atom stereocenters. The van der Waals surface area contributed by atoms with Gasteiger partial charge in [0.15, 0.2) is 5.76 Å². The van der Waals surface area contributed by atoms with E-state index in [-0.39, 0.29) is 5.41 Å². The van der Waals surface area contributed by atoms with Gasteiger partial charge in [0.05, 0.1) is 6.20 Å². The van der Waals surface area contributed by atoms with E-state index in [1.807, 2.05) is 0 Å². The lowest BCUT2D eigenvalue weighted by Crippen LogP contribution is -2.10. The van der Waals surface area contributed by atoms with Crippen LogP contribution < -0.4 is 5.32 Å². The molecule has 0 amide bonds. The van der Waals surface area contributed by atoms with Crippen LogP contribution >= 0.6 is 0 Å². The molecular weight excluding hydrogens is 212 g/mol. The zero-order valence-electron chi connectivity index (χ0n) is 10.7. The van der Waals surface area contributed by atoms with E-state index in [4.69, 9.17) is 4.42 Å². The molecule has 2 aromatic rings. The fourth-order valence-corrected chi connectivity index (χ4v) is 1.66. The van der Waals surface area contributed by atoms with Crippen LogP contribution in [0.15, 0.2) is 34.9 Å². The highest BCUT2D eigenvalue weighted by Crippen LogP contribution is 2.27. The van der Waals surface area contributed by atoms with Crippen LogP contribution in [0, 0.1) is 0 Å². The van der Waals surface area contributed by atoms with Crippen molar-refractivity contribution in [2.75, 3.05) is 12.4 Å². The lowest BCUT2D eigenvalue weighted by atomic mass is 9.86. The van der Waals surface area contributed by atoms with Gasteiger partial charge in [-0.3, -0.25) is 0 Å². The van der Waals surface area contributed by atoms with Gasteiger partial charge in [-0.1, -0.05) is 45.0 Å². The summed E-state index contributed by atoms with van der Waals surface area (Å²) in [5, 5.41) is 2.87. The van der Waals surface area contributed by atoms with Crippen molar-refractivity contribution in [3.8, 4) is 11.3 Å². The van der Waals surface area contributed by atoms with Crippen molar-refractivity contribution >= 4 is 6.01 Å². The number of rotatable bonds is 2. The van der Waals surface area contributed by atoms with Gasteiger partial charge < -0.3 is 9.73 Å². The monoisotopic (exact) mass is 230 g/mol. The topological polar surface area (TPSA) is 38.1 Å². The molecule has 0 radical (unpaired) electrons. The van der Waals surface area contributed by atoms with Crippen molar-refractivity contribution in [2.45, 2.75) is 26.2 Å². The minimum Gasteiger partial charge on any atom is -0.424 e. The molecule has 0 spiro atoms. The Morgan fingerprint density at radius 1 is 1.12 bits per heavy atom.